The highest BCUT2D eigenvalue weighted by Gasteiger charge is 2.23. The third-order valence-corrected chi connectivity index (χ3v) is 12.2. The van der Waals surface area contributed by atoms with Crippen molar-refractivity contribution in [2.24, 2.45) is 0 Å². The number of pyridine rings is 2. The molecule has 1 aliphatic carbocycles. The summed E-state index contributed by atoms with van der Waals surface area (Å²) in [7, 11) is 0. The molecule has 7 heterocycles. The van der Waals surface area contributed by atoms with Crippen LogP contribution in [-0.4, -0.2) is 51.7 Å². The Balaban J connectivity index is 0.000000120. The van der Waals surface area contributed by atoms with Crippen LogP contribution in [0.3, 0.4) is 0 Å². The first kappa shape index (κ1) is 41.9. The second kappa shape index (κ2) is 17.9. The summed E-state index contributed by atoms with van der Waals surface area (Å²) in [6.07, 6.45) is 5.13. The van der Waals surface area contributed by atoms with Crippen LogP contribution in [0.5, 0.6) is 0 Å². The molecule has 321 valence electrons. The maximum absolute atomic E-state index is 6.03. The average molecular weight is 895 g/mol. The zero-order chi connectivity index (χ0) is 44.7. The molecule has 6 aromatic carbocycles. The van der Waals surface area contributed by atoms with E-state index in [1.54, 1.807) is 0 Å². The Hall–Kier alpha value is -8.73. The van der Waals surface area contributed by atoms with E-state index in [1.807, 2.05) is 146 Å². The van der Waals surface area contributed by atoms with Gasteiger partial charge in [-0.25, -0.2) is 29.9 Å². The molecular weight excluding hydrogens is 857 g/mol. The minimum Gasteiger partial charge on any atom is -0.303 e. The predicted molar refractivity (Wildman–Crippen MR) is 275 cm³/mol. The monoisotopic (exact) mass is 894 g/mol. The molecule has 0 bridgehead atoms. The van der Waals surface area contributed by atoms with E-state index in [-0.39, 0.29) is 13.7 Å². The fourth-order valence-electron chi connectivity index (χ4n) is 8.99. The van der Waals surface area contributed by atoms with Crippen molar-refractivity contribution in [1.82, 2.24) is 43.3 Å². The van der Waals surface area contributed by atoms with Gasteiger partial charge < -0.3 is 4.40 Å². The third-order valence-electron chi connectivity index (χ3n) is 12.1. The fourth-order valence-corrected chi connectivity index (χ4v) is 9.17. The van der Waals surface area contributed by atoms with Gasteiger partial charge in [0, 0.05) is 60.3 Å². The van der Waals surface area contributed by atoms with Gasteiger partial charge in [0.05, 0.1) is 39.5 Å². The summed E-state index contributed by atoms with van der Waals surface area (Å²) in [5, 5.41) is 2.39. The maximum Gasteiger partial charge on any atom is 0.237 e. The lowest BCUT2D eigenvalue weighted by atomic mass is 10.1. The van der Waals surface area contributed by atoms with Gasteiger partial charge in [0.25, 0.3) is 0 Å². The first-order valence-electron chi connectivity index (χ1n) is 22.0. The van der Waals surface area contributed by atoms with Crippen LogP contribution in [-0.2, 0) is 6.42 Å². The third kappa shape index (κ3) is 7.62. The van der Waals surface area contributed by atoms with Crippen molar-refractivity contribution < 1.29 is 0 Å². The number of hydrogen-bond acceptors (Lipinski definition) is 6. The van der Waals surface area contributed by atoms with E-state index in [9.17, 15) is 0 Å². The Labute approximate surface area is 398 Å². The first-order valence-corrected chi connectivity index (χ1v) is 22.4. The summed E-state index contributed by atoms with van der Waals surface area (Å²) in [6, 6.07) is 69.4. The predicted octanol–water partition coefficient (Wildman–Crippen LogP) is 13.0. The van der Waals surface area contributed by atoms with Crippen LogP contribution >= 0.6 is 11.6 Å². The topological polar surface area (TPSA) is 91.1 Å². The van der Waals surface area contributed by atoms with Gasteiger partial charge in [-0.05, 0) is 59.6 Å². The van der Waals surface area contributed by atoms with E-state index in [4.69, 9.17) is 31.5 Å². The summed E-state index contributed by atoms with van der Waals surface area (Å²) in [6.45, 7) is 0. The molecule has 0 N–H and O–H groups in total. The summed E-state index contributed by atoms with van der Waals surface area (Å²) in [5.74, 6) is 0.638. The number of para-hydroxylation sites is 2. The van der Waals surface area contributed by atoms with Crippen LogP contribution in [0.2, 0.25) is 5.28 Å². The SMILES string of the molecule is Clc1nc(-c2ccccc2)cc(-c2ccccc2)n1.[B].c1ccc(-c2nc(-n3c4ccccc4c4nc5ccccn5c43)nc3ccccc23)cc1.c1ccc2c(c1)Cc1c-2nc2ccccn12. The van der Waals surface area contributed by atoms with Gasteiger partial charge in [-0.15, -0.1) is 0 Å². The highest BCUT2D eigenvalue weighted by atomic mass is 35.5. The normalized spacial score (nSPS) is 11.4. The molecule has 3 radical (unpaired) electrons. The zero-order valence-corrected chi connectivity index (χ0v) is 37.2. The number of aromatic nitrogens is 9. The van der Waals surface area contributed by atoms with E-state index in [0.29, 0.717) is 5.95 Å². The minimum absolute atomic E-state index is 0. The Morgan fingerprint density at radius 2 is 1.00 bits per heavy atom. The number of halogens is 1. The standard InChI is InChI=1S/C27H17N5.C16H11ClN2.C14H10N2.B/c1-2-10-18(11-3-1)24-19-12-4-6-14-21(19)28-27(30-24)32-22-15-7-5-13-20(22)25-26(32)31-17-9-8-16-23(31)29-25;17-16-18-14(12-7-3-1-4-8-12)11-15(19-16)13-9-5-2-6-10-13;1-2-6-11-10(5-1)9-12-14(11)15-13-7-3-4-8-16(12)13;/h1-17H;1-11H;1-8H,9H2;. The number of benzene rings is 6. The van der Waals surface area contributed by atoms with Crippen LogP contribution in [0.4, 0.5) is 0 Å². The molecule has 14 rings (SSSR count). The largest absolute Gasteiger partial charge is 0.303 e. The first-order chi connectivity index (χ1) is 33.1. The summed E-state index contributed by atoms with van der Waals surface area (Å²) in [4.78, 5) is 28.3. The number of hydrogen-bond donors (Lipinski definition) is 0. The highest BCUT2D eigenvalue weighted by molar-refractivity contribution is 6.28. The van der Waals surface area contributed by atoms with Crippen LogP contribution in [0.1, 0.15) is 11.3 Å². The van der Waals surface area contributed by atoms with Gasteiger partial charge in [-0.2, -0.15) is 0 Å². The van der Waals surface area contributed by atoms with E-state index in [1.165, 1.54) is 16.8 Å². The molecule has 0 saturated heterocycles. The lowest BCUT2D eigenvalue weighted by Crippen LogP contribution is -2.04. The summed E-state index contributed by atoms with van der Waals surface area (Å²) < 4.78 is 6.43. The van der Waals surface area contributed by atoms with Gasteiger partial charge in [0.15, 0.2) is 5.65 Å². The maximum atomic E-state index is 6.03. The van der Waals surface area contributed by atoms with Crippen LogP contribution in [0, 0.1) is 0 Å². The molecule has 11 heteroatoms. The minimum atomic E-state index is 0. The van der Waals surface area contributed by atoms with Crippen LogP contribution in [0.15, 0.2) is 219 Å². The van der Waals surface area contributed by atoms with E-state index < -0.39 is 0 Å². The molecule has 0 atom stereocenters. The zero-order valence-electron chi connectivity index (χ0n) is 36.5. The van der Waals surface area contributed by atoms with Crippen molar-refractivity contribution in [2.75, 3.05) is 0 Å². The Morgan fingerprint density at radius 3 is 1.71 bits per heavy atom. The number of fused-ring (bicyclic) bond motifs is 11. The summed E-state index contributed by atoms with van der Waals surface area (Å²) in [5.41, 5.74) is 16.7. The Morgan fingerprint density at radius 1 is 0.441 bits per heavy atom. The van der Waals surface area contributed by atoms with Gasteiger partial charge in [-0.1, -0.05) is 164 Å². The van der Waals surface area contributed by atoms with Gasteiger partial charge in [0.2, 0.25) is 11.2 Å². The van der Waals surface area contributed by atoms with Gasteiger partial charge in [-0.3, -0.25) is 8.97 Å². The molecule has 0 amide bonds. The summed E-state index contributed by atoms with van der Waals surface area (Å²) >= 11 is 6.03. The van der Waals surface area contributed by atoms with E-state index in [2.05, 4.69) is 96.3 Å². The van der Waals surface area contributed by atoms with Crippen molar-refractivity contribution in [3.63, 3.8) is 0 Å². The number of nitrogens with zero attached hydrogens (tertiary/aromatic N) is 9. The number of rotatable bonds is 4. The second-order valence-corrected chi connectivity index (χ2v) is 16.5. The van der Waals surface area contributed by atoms with Crippen LogP contribution < -0.4 is 0 Å². The second-order valence-electron chi connectivity index (χ2n) is 16.1. The molecule has 7 aromatic heterocycles. The highest BCUT2D eigenvalue weighted by Crippen LogP contribution is 2.37. The molecule has 1 aliphatic rings. The van der Waals surface area contributed by atoms with Crippen molar-refractivity contribution in [2.45, 2.75) is 6.42 Å². The molecule has 68 heavy (non-hydrogen) atoms. The Bertz CT molecular complexity index is 3860. The van der Waals surface area contributed by atoms with Gasteiger partial charge >= 0.3 is 0 Å². The molecule has 13 aromatic rings. The molecule has 0 unspecified atom stereocenters. The van der Waals surface area contributed by atoms with Gasteiger partial charge in [0.1, 0.15) is 16.8 Å². The lowest BCUT2D eigenvalue weighted by molar-refractivity contribution is 0.986. The molecule has 0 spiro atoms. The van der Waals surface area contributed by atoms with Crippen LogP contribution in [0.25, 0.3) is 95.2 Å². The van der Waals surface area contributed by atoms with E-state index >= 15 is 0 Å². The van der Waals surface area contributed by atoms with Crippen molar-refractivity contribution in [1.29, 1.82) is 0 Å². The Kier molecular flexibility index (Phi) is 11.1. The molecular formula is C57H38BClN9. The van der Waals surface area contributed by atoms with Crippen molar-refractivity contribution in [3.05, 3.63) is 235 Å². The molecule has 9 nitrogen and oxygen atoms in total. The molecule has 0 fully saturated rings. The van der Waals surface area contributed by atoms with E-state index in [0.717, 1.165) is 90.2 Å². The quantitative estimate of drug-likeness (QED) is 0.129. The number of imidazole rings is 2. The average Bonchev–Trinajstić information content (AvgIpc) is 4.15. The lowest BCUT2D eigenvalue weighted by Gasteiger charge is -2.11. The molecule has 0 aliphatic heterocycles. The fraction of sp³-hybridized carbons (Fsp3) is 0.0175. The molecule has 0 saturated carbocycles. The van der Waals surface area contributed by atoms with Crippen molar-refractivity contribution in [3.8, 4) is 51.0 Å². The smallest absolute Gasteiger partial charge is 0.237 e. The van der Waals surface area contributed by atoms with Crippen molar-refractivity contribution >= 4 is 64.3 Å².